The van der Waals surface area contributed by atoms with Crippen LogP contribution in [0.4, 0.5) is 26.3 Å². The fourth-order valence-electron chi connectivity index (χ4n) is 3.41. The van der Waals surface area contributed by atoms with Crippen molar-refractivity contribution < 1.29 is 45.2 Å². The van der Waals surface area contributed by atoms with Gasteiger partial charge in [-0.05, 0) is 18.2 Å². The molecule has 1 unspecified atom stereocenters. The number of methoxy groups -OCH3 is 1. The summed E-state index contributed by atoms with van der Waals surface area (Å²) < 4.78 is 99.3. The van der Waals surface area contributed by atoms with Gasteiger partial charge in [-0.3, -0.25) is 9.59 Å². The molecule has 0 radical (unpaired) electrons. The number of benzene rings is 3. The first kappa shape index (κ1) is 27.8. The molecule has 0 aliphatic rings. The monoisotopic (exact) mass is 568 g/mol. The maximum absolute atomic E-state index is 13.5. The van der Waals surface area contributed by atoms with Crippen LogP contribution < -0.4 is 10.0 Å². The minimum Gasteiger partial charge on any atom is -0.494 e. The summed E-state index contributed by atoms with van der Waals surface area (Å²) in [5, 5.41) is -1.75. The minimum atomic E-state index is -5.37. The lowest BCUT2D eigenvalue weighted by molar-refractivity contribution is -0.143. The largest absolute Gasteiger partial charge is 0.494 e. The van der Waals surface area contributed by atoms with Gasteiger partial charge >= 0.3 is 12.4 Å². The molecular formula is C23H13Cl2F6O4P. The average Bonchev–Trinajstić information content (AvgIpc) is 2.82. The molecule has 1 atom stereocenters. The van der Waals surface area contributed by atoms with E-state index >= 15 is 0 Å². The third kappa shape index (κ3) is 5.31. The first-order valence-corrected chi connectivity index (χ1v) is 11.9. The number of rotatable bonds is 6. The molecule has 0 saturated carbocycles. The zero-order chi connectivity index (χ0) is 27.0. The van der Waals surface area contributed by atoms with Gasteiger partial charge in [-0.15, -0.1) is 0 Å². The molecule has 190 valence electrons. The van der Waals surface area contributed by atoms with E-state index in [0.29, 0.717) is 6.07 Å². The average molecular weight is 569 g/mol. The predicted molar refractivity (Wildman–Crippen MR) is 122 cm³/mol. The van der Waals surface area contributed by atoms with E-state index < -0.39 is 69.3 Å². The van der Waals surface area contributed by atoms with E-state index in [-0.39, 0.29) is 23.3 Å². The van der Waals surface area contributed by atoms with Gasteiger partial charge < -0.3 is 9.30 Å². The maximum atomic E-state index is 13.5. The van der Waals surface area contributed by atoms with Gasteiger partial charge in [-0.25, -0.2) is 0 Å². The molecule has 3 rings (SSSR count). The van der Waals surface area contributed by atoms with E-state index in [0.717, 1.165) is 13.2 Å². The van der Waals surface area contributed by atoms with Gasteiger partial charge in [-0.2, -0.15) is 26.3 Å². The highest BCUT2D eigenvalue weighted by Crippen LogP contribution is 2.46. The second-order valence-corrected chi connectivity index (χ2v) is 9.60. The van der Waals surface area contributed by atoms with Gasteiger partial charge in [0.1, 0.15) is 0 Å². The molecule has 36 heavy (non-hydrogen) atoms. The van der Waals surface area contributed by atoms with Crippen LogP contribution in [0.5, 0.6) is 5.75 Å². The summed E-state index contributed by atoms with van der Waals surface area (Å²) in [5.41, 5.74) is -7.69. The molecule has 0 bridgehead atoms. The number of alkyl halides is 6. The van der Waals surface area contributed by atoms with Crippen LogP contribution in [0.3, 0.4) is 0 Å². The number of hydrogen-bond donors (Lipinski definition) is 0. The number of carbonyl (C=O) groups is 2. The van der Waals surface area contributed by atoms with E-state index in [1.807, 2.05) is 0 Å². The van der Waals surface area contributed by atoms with Crippen LogP contribution in [0.2, 0.25) is 10.0 Å². The zero-order valence-corrected chi connectivity index (χ0v) is 20.4. The minimum absolute atomic E-state index is 0.169. The third-order valence-corrected chi connectivity index (χ3v) is 7.44. The Kier molecular flexibility index (Phi) is 7.93. The van der Waals surface area contributed by atoms with Crippen molar-refractivity contribution in [3.05, 3.63) is 92.5 Å². The van der Waals surface area contributed by atoms with E-state index in [1.165, 1.54) is 12.1 Å². The molecule has 3 aromatic carbocycles. The number of carbonyl (C=O) groups excluding carboxylic acids is 2. The van der Waals surface area contributed by atoms with E-state index in [2.05, 4.69) is 0 Å². The standard InChI is InChI=1S/C23H13Cl2F6O4P/c1-35-19-17(25)12(18(32)11-6-3-2-4-7-11)10-15(24)20(19)36(34)21(33)16-13(22(26,27)28)8-5-9-14(16)23(29,30)31/h2-10,36H,1H3. The lowest BCUT2D eigenvalue weighted by Crippen LogP contribution is -2.21. The van der Waals surface area contributed by atoms with Gasteiger partial charge in [0.05, 0.1) is 33.6 Å². The Morgan fingerprint density at radius 3 is 1.86 bits per heavy atom. The third-order valence-electron chi connectivity index (χ3n) is 4.99. The van der Waals surface area contributed by atoms with Crippen molar-refractivity contribution in [3.8, 4) is 5.75 Å². The summed E-state index contributed by atoms with van der Waals surface area (Å²) in [6.07, 6.45) is -10.7. The highest BCUT2D eigenvalue weighted by atomic mass is 35.5. The van der Waals surface area contributed by atoms with Gasteiger partial charge in [-0.1, -0.05) is 59.6 Å². The van der Waals surface area contributed by atoms with Gasteiger partial charge in [0.25, 0.3) is 0 Å². The molecule has 13 heteroatoms. The zero-order valence-electron chi connectivity index (χ0n) is 17.9. The Morgan fingerprint density at radius 2 is 1.39 bits per heavy atom. The molecular weight excluding hydrogens is 556 g/mol. The van der Waals surface area contributed by atoms with Crippen molar-refractivity contribution >= 4 is 47.6 Å². The lowest BCUT2D eigenvalue weighted by Gasteiger charge is -2.19. The highest BCUT2D eigenvalue weighted by Gasteiger charge is 2.44. The van der Waals surface area contributed by atoms with Crippen LogP contribution in [0.1, 0.15) is 37.4 Å². The van der Waals surface area contributed by atoms with E-state index in [1.54, 1.807) is 18.2 Å². The Morgan fingerprint density at radius 1 is 0.861 bits per heavy atom. The molecule has 0 heterocycles. The number of halogens is 8. The van der Waals surface area contributed by atoms with Crippen molar-refractivity contribution in [3.63, 3.8) is 0 Å². The molecule has 0 fully saturated rings. The van der Waals surface area contributed by atoms with E-state index in [4.69, 9.17) is 27.9 Å². The van der Waals surface area contributed by atoms with Gasteiger partial charge in [0.15, 0.2) is 19.3 Å². The summed E-state index contributed by atoms with van der Waals surface area (Å²) in [4.78, 5) is 25.8. The number of ketones is 1. The quantitative estimate of drug-likeness (QED) is 0.178. The Hall–Kier alpha value is -2.81. The van der Waals surface area contributed by atoms with Gasteiger partial charge in [0.2, 0.25) is 5.52 Å². The molecule has 0 aromatic heterocycles. The normalized spacial score (nSPS) is 12.8. The predicted octanol–water partition coefficient (Wildman–Crippen LogP) is 7.30. The SMILES string of the molecule is COc1c(Cl)c(C(=O)c2ccccc2)cc(Cl)c1[PH](=O)C(=O)c1c(C(F)(F)F)cccc1C(F)(F)F. The maximum Gasteiger partial charge on any atom is 0.417 e. The van der Waals surface area contributed by atoms with Crippen molar-refractivity contribution in [2.45, 2.75) is 12.4 Å². The summed E-state index contributed by atoms with van der Waals surface area (Å²) >= 11 is 12.4. The van der Waals surface area contributed by atoms with Crippen molar-refractivity contribution in [2.75, 3.05) is 7.11 Å². The molecule has 0 amide bonds. The van der Waals surface area contributed by atoms with Gasteiger partial charge in [0, 0.05) is 16.7 Å². The Labute approximate surface area is 210 Å². The topological polar surface area (TPSA) is 60.4 Å². The van der Waals surface area contributed by atoms with E-state index in [9.17, 15) is 40.5 Å². The first-order chi connectivity index (χ1) is 16.7. The summed E-state index contributed by atoms with van der Waals surface area (Å²) in [7, 11) is -3.21. The van der Waals surface area contributed by atoms with Crippen LogP contribution in [-0.4, -0.2) is 18.4 Å². The molecule has 3 aromatic rings. The second kappa shape index (κ2) is 10.3. The summed E-state index contributed by atoms with van der Waals surface area (Å²) in [6, 6.07) is 9.60. The highest BCUT2D eigenvalue weighted by molar-refractivity contribution is 7.72. The van der Waals surface area contributed by atoms with Crippen molar-refractivity contribution in [1.29, 1.82) is 0 Å². The number of ether oxygens (including phenoxy) is 1. The molecule has 0 spiro atoms. The molecule has 0 aliphatic heterocycles. The first-order valence-electron chi connectivity index (χ1n) is 9.72. The van der Waals surface area contributed by atoms with Crippen LogP contribution in [-0.2, 0) is 16.9 Å². The summed E-state index contributed by atoms with van der Waals surface area (Å²) in [5.74, 6) is -1.24. The molecule has 4 nitrogen and oxygen atoms in total. The molecule has 0 aliphatic carbocycles. The fraction of sp³-hybridized carbons (Fsp3) is 0.130. The molecule has 0 saturated heterocycles. The summed E-state index contributed by atoms with van der Waals surface area (Å²) in [6.45, 7) is 0. The van der Waals surface area contributed by atoms with Crippen molar-refractivity contribution in [1.82, 2.24) is 0 Å². The molecule has 0 N–H and O–H groups in total. The van der Waals surface area contributed by atoms with Crippen molar-refractivity contribution in [2.24, 2.45) is 0 Å². The van der Waals surface area contributed by atoms with Crippen LogP contribution in [0.15, 0.2) is 54.6 Å². The van der Waals surface area contributed by atoms with Crippen LogP contribution in [0, 0.1) is 0 Å². The van der Waals surface area contributed by atoms with Crippen LogP contribution >= 0.6 is 31.0 Å². The number of hydrogen-bond acceptors (Lipinski definition) is 4. The smallest absolute Gasteiger partial charge is 0.417 e. The second-order valence-electron chi connectivity index (χ2n) is 7.21. The fourth-order valence-corrected chi connectivity index (χ4v) is 5.70. The lowest BCUT2D eigenvalue weighted by atomic mass is 10.0. The Balaban J connectivity index is 2.22. The van der Waals surface area contributed by atoms with Crippen LogP contribution in [0.25, 0.3) is 0 Å². The Bertz CT molecular complexity index is 1340.